The van der Waals surface area contributed by atoms with E-state index < -0.39 is 5.41 Å². The number of hydrogen-bond acceptors (Lipinski definition) is 7. The summed E-state index contributed by atoms with van der Waals surface area (Å²) in [5.74, 6) is 0.0709. The number of hydrogen-bond donors (Lipinski definition) is 2. The standard InChI is InChI=1S/C38H53N2O6/c1-23(41)46-30-14-15-36(6)29(33(30,2)3)13-16-38(8)31(36)28(42)21-24-25-22-35(5,18-17-34(25,4)19-20-37(24,38)7)32(43)39-26-11-9-10-12-27(26)40(44)45/h9-12,21,25,29-31,44H,13-20,22H2,1-8H3,(H,39,43)/q-1/t25-,29-,30-,31-,34-,35+,36+,37+,38-/m1/s1. The van der Waals surface area contributed by atoms with E-state index in [-0.39, 0.29) is 85.2 Å². The van der Waals surface area contributed by atoms with Crippen LogP contribution in [0.15, 0.2) is 35.9 Å². The van der Waals surface area contributed by atoms with Crippen LogP contribution in [0, 0.1) is 55.5 Å². The van der Waals surface area contributed by atoms with E-state index in [1.807, 2.05) is 13.0 Å². The van der Waals surface area contributed by atoms with Crippen molar-refractivity contribution in [2.75, 3.05) is 10.5 Å². The molecule has 5 aliphatic rings. The summed E-state index contributed by atoms with van der Waals surface area (Å²) in [6.45, 7) is 17.4. The third kappa shape index (κ3) is 4.63. The summed E-state index contributed by atoms with van der Waals surface area (Å²) < 4.78 is 5.86. The molecule has 0 radical (unpaired) electrons. The lowest BCUT2D eigenvalue weighted by Crippen LogP contribution is -2.66. The highest BCUT2D eigenvalue weighted by atomic mass is 16.8. The van der Waals surface area contributed by atoms with Gasteiger partial charge in [-0.25, -0.2) is 0 Å². The molecule has 9 atom stereocenters. The number of benzene rings is 1. The predicted molar refractivity (Wildman–Crippen MR) is 178 cm³/mol. The monoisotopic (exact) mass is 633 g/mol. The molecule has 0 bridgehead atoms. The van der Waals surface area contributed by atoms with Crippen molar-refractivity contribution in [3.63, 3.8) is 0 Å². The molecule has 46 heavy (non-hydrogen) atoms. The zero-order chi connectivity index (χ0) is 33.7. The van der Waals surface area contributed by atoms with Crippen molar-refractivity contribution in [1.82, 2.24) is 0 Å². The van der Waals surface area contributed by atoms with Gasteiger partial charge in [-0.15, -0.1) is 0 Å². The zero-order valence-electron chi connectivity index (χ0n) is 29.0. The van der Waals surface area contributed by atoms with Gasteiger partial charge in [0, 0.05) is 23.7 Å². The quantitative estimate of drug-likeness (QED) is 0.253. The first kappa shape index (κ1) is 33.2. The molecular formula is C38H53N2O6-. The van der Waals surface area contributed by atoms with Crippen molar-refractivity contribution in [3.05, 3.63) is 41.1 Å². The maximum absolute atomic E-state index is 14.7. The molecule has 252 valence electrons. The largest absolute Gasteiger partial charge is 0.733 e. The lowest BCUT2D eigenvalue weighted by molar-refractivity contribution is -0.210. The molecule has 0 heterocycles. The Balaban J connectivity index is 1.34. The second kappa shape index (κ2) is 10.6. The average molecular weight is 634 g/mol. The molecule has 4 saturated carbocycles. The molecule has 0 unspecified atom stereocenters. The summed E-state index contributed by atoms with van der Waals surface area (Å²) in [5, 5.41) is 24.1. The van der Waals surface area contributed by atoms with Crippen LogP contribution in [0.4, 0.5) is 11.4 Å². The Bertz CT molecular complexity index is 1480. The molecule has 6 rings (SSSR count). The molecule has 0 aromatic heterocycles. The van der Waals surface area contributed by atoms with Crippen LogP contribution >= 0.6 is 0 Å². The molecule has 2 N–H and O–H groups in total. The third-order valence-corrected chi connectivity index (χ3v) is 14.7. The minimum Gasteiger partial charge on any atom is -0.733 e. The number of ether oxygens (including phenoxy) is 1. The van der Waals surface area contributed by atoms with E-state index in [0.717, 1.165) is 44.9 Å². The number of carbonyl (C=O) groups is 3. The van der Waals surface area contributed by atoms with Crippen LogP contribution in [0.5, 0.6) is 0 Å². The van der Waals surface area contributed by atoms with Gasteiger partial charge in [-0.05, 0) is 109 Å². The van der Waals surface area contributed by atoms with Crippen molar-refractivity contribution in [2.24, 2.45) is 50.2 Å². The Labute approximate surface area is 274 Å². The Kier molecular flexibility index (Phi) is 7.68. The van der Waals surface area contributed by atoms with Gasteiger partial charge in [-0.1, -0.05) is 66.2 Å². The fourth-order valence-corrected chi connectivity index (χ4v) is 11.8. The first-order valence-electron chi connectivity index (χ1n) is 17.3. The van der Waals surface area contributed by atoms with Gasteiger partial charge in [0.1, 0.15) is 6.10 Å². The highest BCUT2D eigenvalue weighted by molar-refractivity contribution is 5.98. The molecule has 0 spiro atoms. The van der Waals surface area contributed by atoms with Crippen molar-refractivity contribution >= 4 is 29.0 Å². The van der Waals surface area contributed by atoms with Crippen LogP contribution < -0.4 is 10.5 Å². The van der Waals surface area contributed by atoms with E-state index in [1.54, 1.807) is 18.2 Å². The van der Waals surface area contributed by atoms with Gasteiger partial charge in [-0.2, -0.15) is 0 Å². The number of para-hydroxylation sites is 2. The van der Waals surface area contributed by atoms with E-state index in [0.29, 0.717) is 12.8 Å². The van der Waals surface area contributed by atoms with Gasteiger partial charge < -0.3 is 20.5 Å². The number of nitrogens with zero attached hydrogens (tertiary/aromatic N) is 1. The highest BCUT2D eigenvalue weighted by Crippen LogP contribution is 2.75. The number of rotatable bonds is 4. The van der Waals surface area contributed by atoms with Crippen LogP contribution in [-0.4, -0.2) is 29.0 Å². The summed E-state index contributed by atoms with van der Waals surface area (Å²) in [6.07, 6.45) is 9.74. The van der Waals surface area contributed by atoms with E-state index >= 15 is 0 Å². The van der Waals surface area contributed by atoms with Crippen molar-refractivity contribution < 1.29 is 24.3 Å². The number of amides is 1. The Hall–Kier alpha value is -2.71. The van der Waals surface area contributed by atoms with E-state index in [9.17, 15) is 24.8 Å². The number of carbonyl (C=O) groups excluding carboxylic acids is 3. The molecule has 4 fully saturated rings. The Morgan fingerprint density at radius 2 is 1.63 bits per heavy atom. The first-order chi connectivity index (χ1) is 21.3. The van der Waals surface area contributed by atoms with Crippen LogP contribution in [-0.2, 0) is 19.1 Å². The van der Waals surface area contributed by atoms with E-state index in [2.05, 4.69) is 46.9 Å². The van der Waals surface area contributed by atoms with Gasteiger partial charge in [0.05, 0.1) is 11.4 Å². The molecule has 0 saturated heterocycles. The van der Waals surface area contributed by atoms with Crippen molar-refractivity contribution in [3.8, 4) is 0 Å². The van der Waals surface area contributed by atoms with Gasteiger partial charge in [0.15, 0.2) is 5.78 Å². The molecular weight excluding hydrogens is 580 g/mol. The smallest absolute Gasteiger partial charge is 0.302 e. The maximum Gasteiger partial charge on any atom is 0.302 e. The molecule has 1 amide bonds. The van der Waals surface area contributed by atoms with Gasteiger partial charge in [0.25, 0.3) is 0 Å². The van der Waals surface area contributed by atoms with E-state index in [1.165, 1.54) is 18.6 Å². The number of fused-ring (bicyclic) bond motifs is 7. The molecule has 8 heteroatoms. The summed E-state index contributed by atoms with van der Waals surface area (Å²) in [5.41, 5.74) is -0.0246. The van der Waals surface area contributed by atoms with Gasteiger partial charge >= 0.3 is 5.97 Å². The van der Waals surface area contributed by atoms with Crippen LogP contribution in [0.2, 0.25) is 0 Å². The summed E-state index contributed by atoms with van der Waals surface area (Å²) in [4.78, 5) is 40.6. The summed E-state index contributed by atoms with van der Waals surface area (Å²) in [7, 11) is 0. The lowest BCUT2D eigenvalue weighted by atomic mass is 9.33. The van der Waals surface area contributed by atoms with Crippen LogP contribution in [0.3, 0.4) is 0 Å². The Morgan fingerprint density at radius 3 is 2.30 bits per heavy atom. The topological polar surface area (TPSA) is 119 Å². The molecule has 1 aromatic rings. The normalized spacial score (nSPS) is 42.7. The molecule has 1 aromatic carbocycles. The maximum atomic E-state index is 14.7. The zero-order valence-corrected chi connectivity index (χ0v) is 29.0. The number of ketones is 1. The van der Waals surface area contributed by atoms with Gasteiger partial charge in [0.2, 0.25) is 5.91 Å². The van der Waals surface area contributed by atoms with Crippen LogP contribution in [0.1, 0.15) is 113 Å². The fraction of sp³-hybridized carbons (Fsp3) is 0.711. The summed E-state index contributed by atoms with van der Waals surface area (Å²) >= 11 is 0. The average Bonchev–Trinajstić information content (AvgIpc) is 2.96. The number of anilines is 2. The van der Waals surface area contributed by atoms with E-state index in [4.69, 9.17) is 4.74 Å². The summed E-state index contributed by atoms with van der Waals surface area (Å²) in [6, 6.07) is 6.47. The first-order valence-corrected chi connectivity index (χ1v) is 17.3. The second-order valence-corrected chi connectivity index (χ2v) is 17.5. The minimum absolute atomic E-state index is 0.000874. The van der Waals surface area contributed by atoms with Crippen LogP contribution in [0.25, 0.3) is 0 Å². The second-order valence-electron chi connectivity index (χ2n) is 17.5. The Morgan fingerprint density at radius 1 is 0.957 bits per heavy atom. The highest BCUT2D eigenvalue weighted by Gasteiger charge is 2.70. The fourth-order valence-electron chi connectivity index (χ4n) is 11.8. The SMILES string of the molecule is CC(=O)O[C@@H]1CC[C@@]2(C)[C@H](CC[C@]3(C)[C@@H]2C(=O)C=C2[C@H]4C[C@@](C)(C(=O)Nc5ccccc5N([O-])O)CC[C@]4(C)CC[C@@]23C)C1(C)C. The lowest BCUT2D eigenvalue weighted by Gasteiger charge is -2.70. The predicted octanol–water partition coefficient (Wildman–Crippen LogP) is 8.23. The number of esters is 1. The molecule has 0 aliphatic heterocycles. The third-order valence-electron chi connectivity index (χ3n) is 14.7. The number of allylic oxidation sites excluding steroid dienone is 2. The van der Waals surface area contributed by atoms with Crippen molar-refractivity contribution in [2.45, 2.75) is 119 Å². The van der Waals surface area contributed by atoms with Gasteiger partial charge in [-0.3, -0.25) is 19.6 Å². The van der Waals surface area contributed by atoms with Crippen molar-refractivity contribution in [1.29, 1.82) is 0 Å². The number of nitrogens with one attached hydrogen (secondary N) is 1. The minimum atomic E-state index is -0.705. The molecule has 5 aliphatic carbocycles. The molecule has 8 nitrogen and oxygen atoms in total.